The number of carbonyl (C=O) groups excluding carboxylic acids is 2. The third-order valence-electron chi connectivity index (χ3n) is 7.50. The highest BCUT2D eigenvalue weighted by atomic mass is 32.1. The summed E-state index contributed by atoms with van der Waals surface area (Å²) < 4.78 is 7.06. The number of aliphatic hydroxyl groups excluding tert-OH is 1. The van der Waals surface area contributed by atoms with E-state index in [4.69, 9.17) is 15.1 Å². The van der Waals surface area contributed by atoms with Crippen LogP contribution < -0.4 is 15.5 Å². The van der Waals surface area contributed by atoms with Gasteiger partial charge >= 0.3 is 6.09 Å². The summed E-state index contributed by atoms with van der Waals surface area (Å²) >= 11 is 0.828. The van der Waals surface area contributed by atoms with Crippen molar-refractivity contribution < 1.29 is 19.4 Å². The lowest BCUT2D eigenvalue weighted by Crippen LogP contribution is -2.33. The number of unbranched alkanes of at least 4 members (excludes halogenated alkanes) is 3. The Labute approximate surface area is 286 Å². The number of aromatic nitrogens is 3. The molecule has 0 aliphatic carbocycles. The first-order valence-corrected chi connectivity index (χ1v) is 17.2. The van der Waals surface area contributed by atoms with Crippen molar-refractivity contribution in [1.29, 1.82) is 5.41 Å². The molecule has 4 aromatic rings. The summed E-state index contributed by atoms with van der Waals surface area (Å²) in [5.41, 5.74) is 3.43. The van der Waals surface area contributed by atoms with Gasteiger partial charge in [-0.25, -0.2) is 14.8 Å². The molecular formula is C36H47N7O4S. The number of pyridine rings is 1. The van der Waals surface area contributed by atoms with Crippen molar-refractivity contribution in [3.63, 3.8) is 0 Å². The van der Waals surface area contributed by atoms with E-state index in [2.05, 4.69) is 43.3 Å². The van der Waals surface area contributed by atoms with Crippen LogP contribution in [0.25, 0.3) is 11.0 Å². The van der Waals surface area contributed by atoms with Crippen molar-refractivity contribution in [2.45, 2.75) is 71.1 Å². The summed E-state index contributed by atoms with van der Waals surface area (Å²) in [7, 11) is 1.93. The minimum Gasteiger partial charge on any atom is -0.449 e. The number of thiol groups is 1. The zero-order chi connectivity index (χ0) is 34.7. The second-order valence-corrected chi connectivity index (χ2v) is 14.6. The zero-order valence-corrected chi connectivity index (χ0v) is 29.3. The number of anilines is 2. The number of aryl methyl sites for hydroxylation is 1. The molecule has 12 heteroatoms. The number of alkyl carbamates (subject to hydrolysis) is 1. The molecule has 2 aromatic carbocycles. The Morgan fingerprint density at radius 1 is 1.04 bits per heavy atom. The number of nitrogens with zero attached hydrogens (tertiary/aromatic N) is 4. The normalized spacial score (nSPS) is 11.9. The van der Waals surface area contributed by atoms with E-state index in [0.29, 0.717) is 47.1 Å². The smallest absolute Gasteiger partial charge is 0.412 e. The maximum Gasteiger partial charge on any atom is 0.412 e. The Morgan fingerprint density at radius 3 is 2.48 bits per heavy atom. The predicted octanol–water partition coefficient (Wildman–Crippen LogP) is 7.20. The van der Waals surface area contributed by atoms with Crippen molar-refractivity contribution in [3.05, 3.63) is 83.8 Å². The highest BCUT2D eigenvalue weighted by molar-refractivity contribution is 7.99. The van der Waals surface area contributed by atoms with Crippen molar-refractivity contribution in [1.82, 2.24) is 19.9 Å². The first kappa shape index (κ1) is 36.3. The SMILES string of the molecule is CCCCCCOC(=O)NC(=N)c1ccc(NCc2nc3cc(C(=O)N(CCC(O)=[SH]C(C)(C)C)c4ccccn4)ccc3n2C)cc1. The topological polar surface area (TPSA) is 145 Å². The highest BCUT2D eigenvalue weighted by Gasteiger charge is 2.21. The minimum atomic E-state index is -0.622. The van der Waals surface area contributed by atoms with E-state index in [1.165, 1.54) is 0 Å². The number of nitrogens with one attached hydrogen (secondary N) is 3. The number of ether oxygens (including phenoxy) is 1. The van der Waals surface area contributed by atoms with Crippen LogP contribution in [0.2, 0.25) is 0 Å². The standard InChI is InChI=1S/C36H47N7O4S/c1-6-7-8-11-22-47-35(46)41-33(37)25-13-16-27(17-14-25)39-24-31-40-28-23-26(15-18-29(28)42(31)5)34(45)43(30-12-9-10-20-38-30)21-19-32(44)48-36(2,3)4/h9-10,12-18,20,23,39,44,48H,6-8,11,19,21-22,24H2,1-5H3,(H2,37,41,46). The van der Waals surface area contributed by atoms with Crippen LogP contribution in [0.1, 0.15) is 81.5 Å². The zero-order valence-electron chi connectivity index (χ0n) is 28.4. The Hall–Kier alpha value is -4.55. The molecule has 0 unspecified atom stereocenters. The second-order valence-electron chi connectivity index (χ2n) is 12.5. The molecule has 0 atom stereocenters. The van der Waals surface area contributed by atoms with Crippen LogP contribution in [0.15, 0.2) is 66.9 Å². The number of imidazole rings is 1. The molecule has 0 radical (unpaired) electrons. The molecule has 0 saturated carbocycles. The van der Waals surface area contributed by atoms with E-state index in [1.54, 1.807) is 47.5 Å². The third kappa shape index (κ3) is 10.5. The summed E-state index contributed by atoms with van der Waals surface area (Å²) in [5, 5.41) is 24.9. The average molecular weight is 674 g/mol. The quantitative estimate of drug-likeness (QED) is 0.0313. The highest BCUT2D eigenvalue weighted by Crippen LogP contribution is 2.22. The van der Waals surface area contributed by atoms with E-state index in [-0.39, 0.29) is 23.0 Å². The largest absolute Gasteiger partial charge is 0.449 e. The van der Waals surface area contributed by atoms with E-state index in [0.717, 1.165) is 54.1 Å². The number of amidine groups is 1. The molecule has 0 fully saturated rings. The van der Waals surface area contributed by atoms with Gasteiger partial charge in [0.25, 0.3) is 5.91 Å². The van der Waals surface area contributed by atoms with Crippen LogP contribution >= 0.6 is 11.4 Å². The third-order valence-corrected chi connectivity index (χ3v) is 8.65. The van der Waals surface area contributed by atoms with Gasteiger partial charge in [0, 0.05) is 47.8 Å². The molecule has 0 aliphatic rings. The molecule has 48 heavy (non-hydrogen) atoms. The minimum absolute atomic E-state index is 0.0260. The van der Waals surface area contributed by atoms with Crippen LogP contribution in [0.3, 0.4) is 0 Å². The van der Waals surface area contributed by atoms with Crippen LogP contribution in [0.5, 0.6) is 0 Å². The molecular weight excluding hydrogens is 627 g/mol. The fourth-order valence-corrected chi connectivity index (χ4v) is 6.01. The molecule has 0 bridgehead atoms. The number of rotatable bonds is 14. The van der Waals surface area contributed by atoms with E-state index >= 15 is 0 Å². The molecule has 4 N–H and O–H groups in total. The monoisotopic (exact) mass is 673 g/mol. The maximum absolute atomic E-state index is 13.8. The molecule has 2 heterocycles. The van der Waals surface area contributed by atoms with Crippen LogP contribution in [-0.4, -0.2) is 60.4 Å². The average Bonchev–Trinajstić information content (AvgIpc) is 3.37. The number of carbonyl (C=O) groups is 2. The maximum atomic E-state index is 13.8. The van der Waals surface area contributed by atoms with Gasteiger partial charge < -0.3 is 19.7 Å². The van der Waals surface area contributed by atoms with Crippen molar-refractivity contribution in [3.8, 4) is 0 Å². The fourth-order valence-electron chi connectivity index (χ4n) is 5.02. The lowest BCUT2D eigenvalue weighted by molar-refractivity contribution is 0.0986. The Morgan fingerprint density at radius 2 is 1.79 bits per heavy atom. The fraction of sp³-hybridized carbons (Fsp3) is 0.389. The molecule has 0 spiro atoms. The Kier molecular flexibility index (Phi) is 12.9. The van der Waals surface area contributed by atoms with Gasteiger partial charge in [-0.2, -0.15) is 11.4 Å². The van der Waals surface area contributed by atoms with E-state index in [1.807, 2.05) is 35.9 Å². The van der Waals surface area contributed by atoms with Gasteiger partial charge in [0.2, 0.25) is 0 Å². The first-order chi connectivity index (χ1) is 22.9. The molecule has 2 aromatic heterocycles. The number of amides is 2. The van der Waals surface area contributed by atoms with E-state index < -0.39 is 6.09 Å². The molecule has 0 saturated heterocycles. The number of fused-ring (bicyclic) bond motifs is 1. The summed E-state index contributed by atoms with van der Waals surface area (Å²) in [4.78, 5) is 36.6. The number of benzene rings is 2. The summed E-state index contributed by atoms with van der Waals surface area (Å²) in [6, 6.07) is 18.1. The van der Waals surface area contributed by atoms with Gasteiger partial charge in [-0.3, -0.25) is 20.4 Å². The van der Waals surface area contributed by atoms with Crippen LogP contribution in [0, 0.1) is 5.41 Å². The second kappa shape index (κ2) is 17.0. The van der Waals surface area contributed by atoms with Crippen LogP contribution in [0.4, 0.5) is 16.3 Å². The van der Waals surface area contributed by atoms with Gasteiger partial charge in [0.1, 0.15) is 17.5 Å². The molecule has 4 rings (SSSR count). The number of hydrogen-bond donors (Lipinski definition) is 5. The van der Waals surface area contributed by atoms with Crippen LogP contribution in [-0.2, 0) is 18.3 Å². The Bertz CT molecular complexity index is 1730. The van der Waals surface area contributed by atoms with Gasteiger partial charge in [-0.1, -0.05) is 53.0 Å². The molecule has 256 valence electrons. The molecule has 11 nitrogen and oxygen atoms in total. The predicted molar refractivity (Wildman–Crippen MR) is 197 cm³/mol. The number of hydrogen-bond acceptors (Lipinski definition) is 7. The van der Waals surface area contributed by atoms with Gasteiger partial charge in [0.15, 0.2) is 0 Å². The lowest BCUT2D eigenvalue weighted by Gasteiger charge is -2.22. The molecule has 2 amide bonds. The van der Waals surface area contributed by atoms with Crippen molar-refractivity contribution >= 4 is 56.8 Å². The number of aliphatic hydroxyl groups is 1. The molecule has 0 aliphatic heterocycles. The van der Waals surface area contributed by atoms with Gasteiger partial charge in [-0.05, 0) is 61.0 Å². The van der Waals surface area contributed by atoms with Crippen molar-refractivity contribution in [2.24, 2.45) is 7.05 Å². The van der Waals surface area contributed by atoms with Gasteiger partial charge in [0.05, 0.1) is 29.2 Å². The van der Waals surface area contributed by atoms with E-state index in [9.17, 15) is 14.7 Å². The lowest BCUT2D eigenvalue weighted by atomic mass is 10.1. The Balaban J connectivity index is 1.40. The summed E-state index contributed by atoms with van der Waals surface area (Å²) in [6.45, 7) is 9.34. The summed E-state index contributed by atoms with van der Waals surface area (Å²) in [6.07, 6.45) is 5.41. The van der Waals surface area contributed by atoms with Crippen molar-refractivity contribution in [2.75, 3.05) is 23.4 Å². The first-order valence-electron chi connectivity index (χ1n) is 16.3. The summed E-state index contributed by atoms with van der Waals surface area (Å²) in [5.74, 6) is 1.05. The van der Waals surface area contributed by atoms with Gasteiger partial charge in [-0.15, -0.1) is 0 Å².